The van der Waals surface area contributed by atoms with Gasteiger partial charge < -0.3 is 15.8 Å². The lowest BCUT2D eigenvalue weighted by Gasteiger charge is -2.07. The molecular weight excluding hydrogens is 264 g/mol. The molecule has 0 aliphatic rings. The molecule has 0 aliphatic heterocycles. The number of rotatable bonds is 7. The van der Waals surface area contributed by atoms with Crippen LogP contribution in [0.15, 0.2) is 54.6 Å². The molecule has 0 spiro atoms. The number of nitrogens with two attached hydrogens (primary N) is 1. The minimum absolute atomic E-state index is 0.0310. The SMILES string of the molecule is Nc1ccc(CCC(=O)NCCOc2ccccc2)cc1. The van der Waals surface area contributed by atoms with Gasteiger partial charge in [0.2, 0.25) is 5.91 Å². The Labute approximate surface area is 124 Å². The number of nitrogen functional groups attached to an aromatic ring is 1. The third-order valence-corrected chi connectivity index (χ3v) is 3.06. The summed E-state index contributed by atoms with van der Waals surface area (Å²) < 4.78 is 5.50. The highest BCUT2D eigenvalue weighted by atomic mass is 16.5. The number of para-hydroxylation sites is 1. The topological polar surface area (TPSA) is 64.4 Å². The molecule has 0 atom stereocenters. The van der Waals surface area contributed by atoms with E-state index in [0.717, 1.165) is 17.0 Å². The quantitative estimate of drug-likeness (QED) is 0.606. The van der Waals surface area contributed by atoms with Crippen molar-refractivity contribution < 1.29 is 9.53 Å². The molecule has 0 saturated carbocycles. The summed E-state index contributed by atoms with van der Waals surface area (Å²) in [6.07, 6.45) is 1.18. The van der Waals surface area contributed by atoms with E-state index >= 15 is 0 Å². The molecule has 0 aliphatic carbocycles. The van der Waals surface area contributed by atoms with E-state index in [1.54, 1.807) is 0 Å². The predicted octanol–water partition coefficient (Wildman–Crippen LogP) is 2.40. The van der Waals surface area contributed by atoms with Crippen molar-refractivity contribution in [3.8, 4) is 5.75 Å². The molecule has 0 fully saturated rings. The number of benzene rings is 2. The number of carbonyl (C=O) groups is 1. The van der Waals surface area contributed by atoms with Gasteiger partial charge >= 0.3 is 0 Å². The van der Waals surface area contributed by atoms with Crippen LogP contribution in [0.5, 0.6) is 5.75 Å². The van der Waals surface area contributed by atoms with E-state index in [0.29, 0.717) is 26.0 Å². The molecule has 4 nitrogen and oxygen atoms in total. The summed E-state index contributed by atoms with van der Waals surface area (Å²) in [7, 11) is 0. The molecule has 0 radical (unpaired) electrons. The summed E-state index contributed by atoms with van der Waals surface area (Å²) in [5, 5.41) is 2.85. The molecule has 0 bridgehead atoms. The first-order valence-corrected chi connectivity index (χ1v) is 7.03. The second kappa shape index (κ2) is 7.94. The van der Waals surface area contributed by atoms with Crippen molar-refractivity contribution in [1.29, 1.82) is 0 Å². The Hall–Kier alpha value is -2.49. The highest BCUT2D eigenvalue weighted by Gasteiger charge is 2.02. The number of ether oxygens (including phenoxy) is 1. The fourth-order valence-electron chi connectivity index (χ4n) is 1.91. The van der Waals surface area contributed by atoms with Crippen molar-refractivity contribution >= 4 is 11.6 Å². The van der Waals surface area contributed by atoms with Gasteiger partial charge in [-0.05, 0) is 36.2 Å². The third kappa shape index (κ3) is 5.57. The number of hydrogen-bond donors (Lipinski definition) is 2. The molecule has 2 rings (SSSR count). The van der Waals surface area contributed by atoms with E-state index in [-0.39, 0.29) is 5.91 Å². The number of amides is 1. The summed E-state index contributed by atoms with van der Waals surface area (Å²) >= 11 is 0. The van der Waals surface area contributed by atoms with Crippen molar-refractivity contribution in [2.75, 3.05) is 18.9 Å². The molecule has 2 aromatic rings. The van der Waals surface area contributed by atoms with Crippen LogP contribution < -0.4 is 15.8 Å². The standard InChI is InChI=1S/C17H20N2O2/c18-15-9-6-14(7-10-15)8-11-17(20)19-12-13-21-16-4-2-1-3-5-16/h1-7,9-10H,8,11-13,18H2,(H,19,20). The van der Waals surface area contributed by atoms with E-state index in [4.69, 9.17) is 10.5 Å². The monoisotopic (exact) mass is 284 g/mol. The lowest BCUT2D eigenvalue weighted by molar-refractivity contribution is -0.121. The Balaban J connectivity index is 1.60. The summed E-state index contributed by atoms with van der Waals surface area (Å²) in [6, 6.07) is 17.1. The smallest absolute Gasteiger partial charge is 0.220 e. The lowest BCUT2D eigenvalue weighted by Crippen LogP contribution is -2.28. The molecule has 2 aromatic carbocycles. The normalized spacial score (nSPS) is 10.1. The van der Waals surface area contributed by atoms with Gasteiger partial charge in [0.15, 0.2) is 0 Å². The maximum Gasteiger partial charge on any atom is 0.220 e. The molecular formula is C17H20N2O2. The number of hydrogen-bond acceptors (Lipinski definition) is 3. The van der Waals surface area contributed by atoms with Crippen LogP contribution in [-0.4, -0.2) is 19.1 Å². The Bertz CT molecular complexity index is 553. The minimum atomic E-state index is 0.0310. The number of aryl methyl sites for hydroxylation is 1. The van der Waals surface area contributed by atoms with Gasteiger partial charge in [0.25, 0.3) is 0 Å². The van der Waals surface area contributed by atoms with Gasteiger partial charge in [-0.1, -0.05) is 30.3 Å². The van der Waals surface area contributed by atoms with Crippen LogP contribution >= 0.6 is 0 Å². The Morgan fingerprint density at radius 2 is 1.76 bits per heavy atom. The van der Waals surface area contributed by atoms with Crippen LogP contribution in [0, 0.1) is 0 Å². The number of nitrogens with one attached hydrogen (secondary N) is 1. The Kier molecular flexibility index (Phi) is 5.64. The van der Waals surface area contributed by atoms with Crippen LogP contribution in [0.1, 0.15) is 12.0 Å². The molecule has 0 heterocycles. The van der Waals surface area contributed by atoms with E-state index in [1.807, 2.05) is 54.6 Å². The van der Waals surface area contributed by atoms with Crippen molar-refractivity contribution in [2.45, 2.75) is 12.8 Å². The van der Waals surface area contributed by atoms with Crippen LogP contribution in [0.25, 0.3) is 0 Å². The molecule has 1 amide bonds. The van der Waals surface area contributed by atoms with E-state index in [9.17, 15) is 4.79 Å². The van der Waals surface area contributed by atoms with Crippen molar-refractivity contribution in [2.24, 2.45) is 0 Å². The Morgan fingerprint density at radius 1 is 1.05 bits per heavy atom. The van der Waals surface area contributed by atoms with Gasteiger partial charge in [-0.2, -0.15) is 0 Å². The van der Waals surface area contributed by atoms with Gasteiger partial charge in [0, 0.05) is 12.1 Å². The van der Waals surface area contributed by atoms with E-state index in [2.05, 4.69) is 5.32 Å². The summed E-state index contributed by atoms with van der Waals surface area (Å²) in [5.41, 5.74) is 7.47. The van der Waals surface area contributed by atoms with Crippen LogP contribution in [0.3, 0.4) is 0 Å². The van der Waals surface area contributed by atoms with Crippen molar-refractivity contribution in [1.82, 2.24) is 5.32 Å². The fourth-order valence-corrected chi connectivity index (χ4v) is 1.91. The van der Waals surface area contributed by atoms with Crippen LogP contribution in [0.2, 0.25) is 0 Å². The molecule has 4 heteroatoms. The zero-order valence-corrected chi connectivity index (χ0v) is 11.9. The van der Waals surface area contributed by atoms with Crippen LogP contribution in [-0.2, 0) is 11.2 Å². The second-order valence-electron chi connectivity index (χ2n) is 4.75. The van der Waals surface area contributed by atoms with Gasteiger partial charge in [-0.3, -0.25) is 4.79 Å². The van der Waals surface area contributed by atoms with Gasteiger partial charge in [0.05, 0.1) is 6.54 Å². The number of carbonyl (C=O) groups excluding carboxylic acids is 1. The maximum atomic E-state index is 11.7. The van der Waals surface area contributed by atoms with Gasteiger partial charge in [-0.25, -0.2) is 0 Å². The van der Waals surface area contributed by atoms with Crippen molar-refractivity contribution in [3.05, 3.63) is 60.2 Å². The maximum absolute atomic E-state index is 11.7. The molecule has 0 unspecified atom stereocenters. The van der Waals surface area contributed by atoms with Crippen molar-refractivity contribution in [3.63, 3.8) is 0 Å². The minimum Gasteiger partial charge on any atom is -0.492 e. The first kappa shape index (κ1) is 14.9. The van der Waals surface area contributed by atoms with Crippen LogP contribution in [0.4, 0.5) is 5.69 Å². The third-order valence-electron chi connectivity index (χ3n) is 3.06. The Morgan fingerprint density at radius 3 is 2.48 bits per heavy atom. The largest absolute Gasteiger partial charge is 0.492 e. The van der Waals surface area contributed by atoms with Gasteiger partial charge in [-0.15, -0.1) is 0 Å². The molecule has 21 heavy (non-hydrogen) atoms. The highest BCUT2D eigenvalue weighted by Crippen LogP contribution is 2.08. The first-order valence-electron chi connectivity index (χ1n) is 7.03. The molecule has 110 valence electrons. The fraction of sp³-hybridized carbons (Fsp3) is 0.235. The zero-order chi connectivity index (χ0) is 14.9. The summed E-state index contributed by atoms with van der Waals surface area (Å²) in [5.74, 6) is 0.845. The number of anilines is 1. The summed E-state index contributed by atoms with van der Waals surface area (Å²) in [6.45, 7) is 0.979. The first-order chi connectivity index (χ1) is 10.2. The van der Waals surface area contributed by atoms with Gasteiger partial charge in [0.1, 0.15) is 12.4 Å². The summed E-state index contributed by atoms with van der Waals surface area (Å²) in [4.78, 5) is 11.7. The molecule has 0 aromatic heterocycles. The average molecular weight is 284 g/mol. The lowest BCUT2D eigenvalue weighted by atomic mass is 10.1. The molecule has 0 saturated heterocycles. The van der Waals surface area contributed by atoms with E-state index < -0.39 is 0 Å². The second-order valence-corrected chi connectivity index (χ2v) is 4.75. The highest BCUT2D eigenvalue weighted by molar-refractivity contribution is 5.76. The predicted molar refractivity (Wildman–Crippen MR) is 84.1 cm³/mol. The zero-order valence-electron chi connectivity index (χ0n) is 11.9. The van der Waals surface area contributed by atoms with E-state index in [1.165, 1.54) is 0 Å². The average Bonchev–Trinajstić information content (AvgIpc) is 2.52. The molecule has 3 N–H and O–H groups in total.